The lowest BCUT2D eigenvalue weighted by molar-refractivity contribution is 0.0726. The molecular weight excluding hydrogens is 587 g/mol. The summed E-state index contributed by atoms with van der Waals surface area (Å²) in [6, 6.07) is 9.51. The Balaban J connectivity index is 1.16. The summed E-state index contributed by atoms with van der Waals surface area (Å²) >= 11 is 0. The first-order chi connectivity index (χ1) is 22.2. The van der Waals surface area contributed by atoms with Crippen LogP contribution in [-0.2, 0) is 13.6 Å². The number of aromatic nitrogens is 4. The molecule has 0 radical (unpaired) electrons. The summed E-state index contributed by atoms with van der Waals surface area (Å²) in [5.74, 6) is 1.92. The van der Waals surface area contributed by atoms with Gasteiger partial charge in [0.15, 0.2) is 5.82 Å². The molecule has 4 aromatic rings. The monoisotopic (exact) mass is 628 g/mol. The van der Waals surface area contributed by atoms with Crippen molar-refractivity contribution in [2.75, 3.05) is 20.2 Å². The molecule has 3 N–H and O–H groups in total. The zero-order chi connectivity index (χ0) is 31.9. The van der Waals surface area contributed by atoms with Crippen molar-refractivity contribution >= 4 is 34.0 Å². The zero-order valence-corrected chi connectivity index (χ0v) is 26.6. The maximum absolute atomic E-state index is 13.8. The van der Waals surface area contributed by atoms with Crippen molar-refractivity contribution < 1.29 is 18.7 Å². The van der Waals surface area contributed by atoms with Gasteiger partial charge in [0.25, 0.3) is 5.91 Å². The lowest BCUT2D eigenvalue weighted by atomic mass is 9.97. The molecule has 3 saturated heterocycles. The van der Waals surface area contributed by atoms with E-state index in [1.54, 1.807) is 7.11 Å². The molecule has 1 saturated carbocycles. The second-order valence-electron chi connectivity index (χ2n) is 13.7. The Hall–Kier alpha value is -4.19. The SMILES string of the molecule is COc1cc(C(=O)N2[C@H]3CC[C@@H]2[C@H](N)C3)cc2nc(-c3cc4ccc([C@@H](C)NC(=O)N5CC[C@@H](F)C5)nc4n3CC3CC3)n(C)c12. The predicted octanol–water partition coefficient (Wildman–Crippen LogP) is 4.53. The summed E-state index contributed by atoms with van der Waals surface area (Å²) < 4.78 is 23.8. The number of ether oxygens (including phenoxy) is 1. The number of hydrogen-bond donors (Lipinski definition) is 2. The van der Waals surface area contributed by atoms with Gasteiger partial charge in [0.2, 0.25) is 0 Å². The normalized spacial score (nSPS) is 24.8. The van der Waals surface area contributed by atoms with E-state index < -0.39 is 6.17 Å². The molecule has 6 heterocycles. The van der Waals surface area contributed by atoms with Crippen LogP contribution < -0.4 is 15.8 Å². The Morgan fingerprint density at radius 3 is 2.63 bits per heavy atom. The number of aryl methyl sites for hydroxylation is 1. The number of urea groups is 1. The molecule has 1 aromatic carbocycles. The van der Waals surface area contributed by atoms with Gasteiger partial charge in [-0.05, 0) is 81.7 Å². The molecule has 242 valence electrons. The highest BCUT2D eigenvalue weighted by Crippen LogP contribution is 2.40. The number of hydrogen-bond acceptors (Lipinski definition) is 6. The number of alkyl halides is 1. The smallest absolute Gasteiger partial charge is 0.318 e. The number of fused-ring (bicyclic) bond motifs is 4. The van der Waals surface area contributed by atoms with Crippen LogP contribution in [0.3, 0.4) is 0 Å². The second kappa shape index (κ2) is 11.0. The number of methoxy groups -OCH3 is 1. The van der Waals surface area contributed by atoms with Gasteiger partial charge in [0.1, 0.15) is 23.1 Å². The van der Waals surface area contributed by atoms with Crippen molar-refractivity contribution in [3.05, 3.63) is 41.6 Å². The number of imidazole rings is 1. The van der Waals surface area contributed by atoms with Gasteiger partial charge in [-0.2, -0.15) is 0 Å². The van der Waals surface area contributed by atoms with Crippen LogP contribution in [0.1, 0.15) is 67.5 Å². The summed E-state index contributed by atoms with van der Waals surface area (Å²) in [6.45, 7) is 3.27. The standard InChI is InChI=1S/C34H41FN8O3/c1-18(37-34(45)41-11-10-22(35)17-41)25-8-6-20-13-28(42(31(20)38-25)16-19-4-5-19)32-39-26-12-21(14-29(46-3)30(26)40(32)2)33(44)43-23-7-9-27(43)24(36)15-23/h6,8,12-14,18-19,22-24,27H,4-5,7,9-11,15-17,36H2,1-3H3,(H,37,45)/t18-,22-,23+,24-,27-/m1/s1. The highest BCUT2D eigenvalue weighted by molar-refractivity contribution is 6.00. The third kappa shape index (κ3) is 4.80. The molecule has 12 heteroatoms. The predicted molar refractivity (Wildman–Crippen MR) is 172 cm³/mol. The van der Waals surface area contributed by atoms with E-state index in [0.717, 1.165) is 59.6 Å². The van der Waals surface area contributed by atoms with Crippen LogP contribution in [0.2, 0.25) is 0 Å². The molecule has 11 nitrogen and oxygen atoms in total. The van der Waals surface area contributed by atoms with Gasteiger partial charge < -0.3 is 34.7 Å². The zero-order valence-electron chi connectivity index (χ0n) is 26.6. The molecule has 0 spiro atoms. The van der Waals surface area contributed by atoms with E-state index in [4.69, 9.17) is 20.4 Å². The average molecular weight is 629 g/mol. The first-order valence-electron chi connectivity index (χ1n) is 16.5. The Bertz CT molecular complexity index is 1860. The molecule has 2 bridgehead atoms. The molecule has 8 rings (SSSR count). The summed E-state index contributed by atoms with van der Waals surface area (Å²) in [6.07, 6.45) is 4.56. The van der Waals surface area contributed by atoms with Crippen molar-refractivity contribution in [3.63, 3.8) is 0 Å². The van der Waals surface area contributed by atoms with Gasteiger partial charge in [0.05, 0.1) is 36.6 Å². The summed E-state index contributed by atoms with van der Waals surface area (Å²) in [7, 11) is 3.60. The van der Waals surface area contributed by atoms with Crippen molar-refractivity contribution in [2.45, 2.75) is 82.3 Å². The fourth-order valence-corrected chi connectivity index (χ4v) is 7.88. The van der Waals surface area contributed by atoms with E-state index in [2.05, 4.69) is 16.0 Å². The minimum Gasteiger partial charge on any atom is -0.494 e. The number of nitrogens with zero attached hydrogens (tertiary/aromatic N) is 6. The lowest BCUT2D eigenvalue weighted by Gasteiger charge is -2.23. The molecule has 0 unspecified atom stereocenters. The molecule has 1 aliphatic carbocycles. The van der Waals surface area contributed by atoms with E-state index in [9.17, 15) is 14.0 Å². The highest BCUT2D eigenvalue weighted by atomic mass is 19.1. The first kappa shape index (κ1) is 29.2. The average Bonchev–Trinajstić information content (AvgIpc) is 3.36. The van der Waals surface area contributed by atoms with Gasteiger partial charge in [-0.3, -0.25) is 4.79 Å². The number of nitrogens with two attached hydrogens (primary N) is 1. The van der Waals surface area contributed by atoms with Gasteiger partial charge in [-0.25, -0.2) is 19.2 Å². The third-order valence-electron chi connectivity index (χ3n) is 10.6. The van der Waals surface area contributed by atoms with E-state index in [0.29, 0.717) is 35.7 Å². The molecule has 3 aromatic heterocycles. The maximum Gasteiger partial charge on any atom is 0.318 e. The summed E-state index contributed by atoms with van der Waals surface area (Å²) in [5, 5.41) is 3.98. The summed E-state index contributed by atoms with van der Waals surface area (Å²) in [4.78, 5) is 40.2. The molecule has 4 fully saturated rings. The lowest BCUT2D eigenvalue weighted by Crippen LogP contribution is -2.40. The van der Waals surface area contributed by atoms with E-state index >= 15 is 0 Å². The number of halogens is 1. The Labute approximate surface area is 266 Å². The highest BCUT2D eigenvalue weighted by Gasteiger charge is 2.47. The quantitative estimate of drug-likeness (QED) is 0.310. The maximum atomic E-state index is 13.8. The topological polar surface area (TPSA) is 124 Å². The number of likely N-dealkylation sites (tertiary alicyclic amines) is 1. The second-order valence-corrected chi connectivity index (χ2v) is 13.7. The number of pyridine rings is 1. The molecule has 4 aliphatic rings. The molecule has 3 aliphatic heterocycles. The number of carbonyl (C=O) groups excluding carboxylic acids is 2. The number of nitrogens with one attached hydrogen (secondary N) is 1. The fraction of sp³-hybridized carbons (Fsp3) is 0.529. The van der Waals surface area contributed by atoms with Gasteiger partial charge in [0, 0.05) is 49.2 Å². The van der Waals surface area contributed by atoms with Crippen LogP contribution in [0, 0.1) is 5.92 Å². The number of benzene rings is 1. The van der Waals surface area contributed by atoms with E-state index in [1.807, 2.05) is 47.7 Å². The fourth-order valence-electron chi connectivity index (χ4n) is 7.88. The van der Waals surface area contributed by atoms with Crippen LogP contribution in [0.25, 0.3) is 33.6 Å². The molecule has 3 amide bonds. The number of amides is 3. The Morgan fingerprint density at radius 2 is 1.96 bits per heavy atom. The third-order valence-corrected chi connectivity index (χ3v) is 10.6. The number of carbonyl (C=O) groups is 2. The summed E-state index contributed by atoms with van der Waals surface area (Å²) in [5.41, 5.74) is 10.9. The molecular formula is C34H41FN8O3. The van der Waals surface area contributed by atoms with Gasteiger partial charge in [-0.15, -0.1) is 0 Å². The van der Waals surface area contributed by atoms with Crippen LogP contribution in [-0.4, -0.2) is 85.3 Å². The van der Waals surface area contributed by atoms with Gasteiger partial charge in [-0.1, -0.05) is 0 Å². The van der Waals surface area contributed by atoms with E-state index in [1.165, 1.54) is 17.7 Å². The van der Waals surface area contributed by atoms with Crippen LogP contribution in [0.4, 0.5) is 9.18 Å². The van der Waals surface area contributed by atoms with E-state index in [-0.39, 0.29) is 42.7 Å². The van der Waals surface area contributed by atoms with Gasteiger partial charge >= 0.3 is 6.03 Å². The van der Waals surface area contributed by atoms with Crippen LogP contribution >= 0.6 is 0 Å². The molecule has 5 atom stereocenters. The Morgan fingerprint density at radius 1 is 1.13 bits per heavy atom. The first-order valence-corrected chi connectivity index (χ1v) is 16.5. The minimum absolute atomic E-state index is 0.0112. The van der Waals surface area contributed by atoms with Crippen molar-refractivity contribution in [1.82, 2.24) is 34.2 Å². The minimum atomic E-state index is -0.964. The molecule has 46 heavy (non-hydrogen) atoms. The van der Waals surface area contributed by atoms with Crippen LogP contribution in [0.5, 0.6) is 5.75 Å². The van der Waals surface area contributed by atoms with Crippen molar-refractivity contribution in [1.29, 1.82) is 0 Å². The van der Waals surface area contributed by atoms with Crippen molar-refractivity contribution in [3.8, 4) is 17.3 Å². The Kier molecular flexibility index (Phi) is 6.97. The van der Waals surface area contributed by atoms with Crippen LogP contribution in [0.15, 0.2) is 30.3 Å². The number of rotatable bonds is 7. The van der Waals surface area contributed by atoms with Crippen molar-refractivity contribution in [2.24, 2.45) is 18.7 Å². The largest absolute Gasteiger partial charge is 0.494 e.